The second-order valence-electron chi connectivity index (χ2n) is 14.3. The molecule has 6 atom stereocenters. The van der Waals surface area contributed by atoms with Crippen molar-refractivity contribution >= 4 is 35.8 Å². The summed E-state index contributed by atoms with van der Waals surface area (Å²) in [6, 6.07) is 22.8. The molecular formula is C44H52N6O6. The van der Waals surface area contributed by atoms with Gasteiger partial charge in [0.25, 0.3) is 11.8 Å². The molecule has 4 aromatic rings. The van der Waals surface area contributed by atoms with Crippen LogP contribution in [0.25, 0.3) is 12.2 Å². The lowest BCUT2D eigenvalue weighted by Gasteiger charge is -2.41. The summed E-state index contributed by atoms with van der Waals surface area (Å²) in [6.07, 6.45) is 4.25. The summed E-state index contributed by atoms with van der Waals surface area (Å²) in [5.74, 6) is -4.01. The molecule has 0 aliphatic heterocycles. The normalized spacial score (nSPS) is 15.0. The minimum atomic E-state index is -1.92. The van der Waals surface area contributed by atoms with Gasteiger partial charge in [-0.2, -0.15) is 0 Å². The molecule has 0 saturated heterocycles. The molecule has 2 aromatic carbocycles. The highest BCUT2D eigenvalue weighted by Gasteiger charge is 2.45. The molecule has 4 rings (SSSR count). The van der Waals surface area contributed by atoms with Gasteiger partial charge in [-0.05, 0) is 72.2 Å². The van der Waals surface area contributed by atoms with E-state index in [1.807, 2.05) is 0 Å². The Kier molecular flexibility index (Phi) is 16.0. The minimum absolute atomic E-state index is 0.107. The molecule has 0 bridgehead atoms. The Balaban J connectivity index is 1.89. The van der Waals surface area contributed by atoms with Gasteiger partial charge < -0.3 is 21.7 Å². The van der Waals surface area contributed by atoms with Crippen LogP contribution < -0.4 is 11.5 Å². The summed E-state index contributed by atoms with van der Waals surface area (Å²) in [5, 5.41) is 24.9. The van der Waals surface area contributed by atoms with Crippen molar-refractivity contribution in [3.63, 3.8) is 0 Å². The van der Waals surface area contributed by atoms with Crippen LogP contribution in [0.2, 0.25) is 0 Å². The van der Waals surface area contributed by atoms with Crippen molar-refractivity contribution in [2.75, 3.05) is 0 Å². The zero-order chi connectivity index (χ0) is 40.8. The van der Waals surface area contributed by atoms with Crippen molar-refractivity contribution in [1.82, 2.24) is 19.8 Å². The van der Waals surface area contributed by atoms with Crippen LogP contribution >= 0.6 is 0 Å². The molecule has 0 fully saturated rings. The fraction of sp³-hybridized carbons (Fsp3) is 0.318. The first kappa shape index (κ1) is 43.1. The molecule has 12 heteroatoms. The number of carbonyl (C=O) groups excluding carboxylic acids is 4. The number of carbonyl (C=O) groups is 4. The van der Waals surface area contributed by atoms with E-state index >= 15 is 0 Å². The second kappa shape index (κ2) is 20.9. The number of nitrogens with two attached hydrogens (primary N) is 2. The van der Waals surface area contributed by atoms with Crippen molar-refractivity contribution in [2.45, 2.75) is 76.9 Å². The summed E-state index contributed by atoms with van der Waals surface area (Å²) in [6.45, 7) is 6.92. The predicted octanol–water partition coefficient (Wildman–Crippen LogP) is 3.82. The molecule has 2 aromatic heterocycles. The van der Waals surface area contributed by atoms with E-state index in [0.717, 1.165) is 22.0 Å². The molecule has 0 spiro atoms. The van der Waals surface area contributed by atoms with Gasteiger partial charge in [-0.1, -0.05) is 100 Å². The van der Waals surface area contributed by atoms with Crippen molar-refractivity contribution in [1.29, 1.82) is 0 Å². The van der Waals surface area contributed by atoms with Gasteiger partial charge in [-0.15, -0.1) is 0 Å². The zero-order valence-corrected chi connectivity index (χ0v) is 32.2. The molecule has 4 amide bonds. The van der Waals surface area contributed by atoms with Gasteiger partial charge >= 0.3 is 0 Å². The predicted molar refractivity (Wildman–Crippen MR) is 216 cm³/mol. The van der Waals surface area contributed by atoms with E-state index in [0.29, 0.717) is 22.5 Å². The third-order valence-corrected chi connectivity index (χ3v) is 9.50. The first-order valence-corrected chi connectivity index (χ1v) is 18.7. The lowest BCUT2D eigenvalue weighted by molar-refractivity contribution is -0.159. The first-order valence-electron chi connectivity index (χ1n) is 18.7. The van der Waals surface area contributed by atoms with Crippen molar-refractivity contribution in [3.05, 3.63) is 144 Å². The molecule has 3 unspecified atom stereocenters. The van der Waals surface area contributed by atoms with Crippen LogP contribution in [0.4, 0.5) is 0 Å². The van der Waals surface area contributed by atoms with Gasteiger partial charge in [-0.3, -0.25) is 38.9 Å². The van der Waals surface area contributed by atoms with Crippen molar-refractivity contribution in [3.8, 4) is 0 Å². The third kappa shape index (κ3) is 11.7. The summed E-state index contributed by atoms with van der Waals surface area (Å²) >= 11 is 0. The van der Waals surface area contributed by atoms with Gasteiger partial charge in [-0.25, -0.2) is 0 Å². The van der Waals surface area contributed by atoms with Crippen LogP contribution in [-0.2, 0) is 32.0 Å². The molecule has 294 valence electrons. The number of pyridine rings is 2. The van der Waals surface area contributed by atoms with Gasteiger partial charge in [0.05, 0.1) is 35.6 Å². The Labute approximate surface area is 328 Å². The maximum atomic E-state index is 14.3. The standard InChI is InChI=1S/C44H52N6O6/c1-29(2)39(45)43(55)49(37(51)23-21-33-19-11-13-25-47-33)35(27-31-15-7-5-8-16-31)41(53)42(54)36(28-32-17-9-6-10-18-32)50(44(56)40(46)30(3)4)38(52)24-22-34-20-12-14-26-48-34/h5-26,29-30,35-36,39-42,53-54H,27-28,45-46H2,1-4H3/t35-,36?,39-,40-,41?,42?/m0/s1. The maximum absolute atomic E-state index is 14.3. The van der Waals surface area contributed by atoms with Gasteiger partial charge in [0, 0.05) is 24.5 Å². The third-order valence-electron chi connectivity index (χ3n) is 9.50. The summed E-state index contributed by atoms with van der Waals surface area (Å²) in [4.78, 5) is 67.2. The van der Waals surface area contributed by atoms with E-state index in [4.69, 9.17) is 11.5 Å². The highest BCUT2D eigenvalue weighted by molar-refractivity contribution is 6.05. The summed E-state index contributed by atoms with van der Waals surface area (Å²) in [7, 11) is 0. The van der Waals surface area contributed by atoms with Crippen LogP contribution in [0.5, 0.6) is 0 Å². The van der Waals surface area contributed by atoms with Crippen LogP contribution in [-0.4, -0.2) is 90.0 Å². The van der Waals surface area contributed by atoms with Crippen LogP contribution in [0, 0.1) is 11.8 Å². The molecule has 0 aliphatic carbocycles. The largest absolute Gasteiger partial charge is 0.388 e. The van der Waals surface area contributed by atoms with Gasteiger partial charge in [0.1, 0.15) is 12.2 Å². The number of aliphatic hydroxyl groups excluding tert-OH is 2. The average Bonchev–Trinajstić information content (AvgIpc) is 3.21. The maximum Gasteiger partial charge on any atom is 0.253 e. The summed E-state index contributed by atoms with van der Waals surface area (Å²) in [5.41, 5.74) is 14.9. The molecule has 56 heavy (non-hydrogen) atoms. The first-order chi connectivity index (χ1) is 26.8. The minimum Gasteiger partial charge on any atom is -0.388 e. The summed E-state index contributed by atoms with van der Waals surface area (Å²) < 4.78 is 0. The molecule has 0 saturated carbocycles. The van der Waals surface area contributed by atoms with E-state index in [9.17, 15) is 29.4 Å². The number of nitrogens with zero attached hydrogens (tertiary/aromatic N) is 4. The molecule has 0 aliphatic rings. The Morgan fingerprint density at radius 3 is 1.21 bits per heavy atom. The van der Waals surface area contributed by atoms with E-state index in [1.165, 1.54) is 12.2 Å². The van der Waals surface area contributed by atoms with Crippen LogP contribution in [0.1, 0.15) is 50.2 Å². The molecule has 12 nitrogen and oxygen atoms in total. The van der Waals surface area contributed by atoms with Crippen molar-refractivity contribution < 1.29 is 29.4 Å². The van der Waals surface area contributed by atoms with E-state index in [2.05, 4.69) is 9.97 Å². The zero-order valence-electron chi connectivity index (χ0n) is 32.2. The Morgan fingerprint density at radius 2 is 0.911 bits per heavy atom. The Bertz CT molecular complexity index is 1780. The van der Waals surface area contributed by atoms with Gasteiger partial charge in [0.2, 0.25) is 11.8 Å². The molecule has 2 heterocycles. The SMILES string of the molecule is CC(C)[C@H](N)C(=O)N(C(=O)C=Cc1ccccn1)C(Cc1ccccc1)C(O)C(O)[C@H](Cc1ccccc1)N(C(=O)C=Cc1ccccn1)C(=O)[C@@H](N)C(C)C. The molecule has 6 N–H and O–H groups in total. The number of imide groups is 2. The second-order valence-corrected chi connectivity index (χ2v) is 14.3. The number of hydrogen-bond acceptors (Lipinski definition) is 10. The van der Waals surface area contributed by atoms with Crippen LogP contribution in [0.3, 0.4) is 0 Å². The lowest BCUT2D eigenvalue weighted by atomic mass is 9.88. The highest BCUT2D eigenvalue weighted by Crippen LogP contribution is 2.25. The number of aromatic nitrogens is 2. The Morgan fingerprint density at radius 1 is 0.571 bits per heavy atom. The quantitative estimate of drug-likeness (QED) is 0.115. The number of aliphatic hydroxyl groups is 2. The molecular weight excluding hydrogens is 709 g/mol. The van der Waals surface area contributed by atoms with E-state index in [-0.39, 0.29) is 12.8 Å². The fourth-order valence-corrected chi connectivity index (χ4v) is 6.08. The number of rotatable bonds is 17. The van der Waals surface area contributed by atoms with Crippen LogP contribution in [0.15, 0.2) is 122 Å². The number of benzene rings is 2. The number of amides is 4. The highest BCUT2D eigenvalue weighted by atomic mass is 16.3. The smallest absolute Gasteiger partial charge is 0.253 e. The van der Waals surface area contributed by atoms with Gasteiger partial charge in [0.15, 0.2) is 0 Å². The topological polar surface area (TPSA) is 193 Å². The number of hydrogen-bond donors (Lipinski definition) is 4. The van der Waals surface area contributed by atoms with E-state index in [1.54, 1.807) is 137 Å². The average molecular weight is 761 g/mol. The van der Waals surface area contributed by atoms with E-state index < -0.39 is 71.8 Å². The molecule has 0 radical (unpaired) electrons. The van der Waals surface area contributed by atoms with Crippen molar-refractivity contribution in [2.24, 2.45) is 23.3 Å². The lowest BCUT2D eigenvalue weighted by Crippen LogP contribution is -2.64. The Hall–Kier alpha value is -5.66. The monoisotopic (exact) mass is 760 g/mol. The fourth-order valence-electron chi connectivity index (χ4n) is 6.08.